The van der Waals surface area contributed by atoms with Gasteiger partial charge in [-0.15, -0.1) is 0 Å². The molecule has 2 aromatic rings. The Bertz CT molecular complexity index is 1000. The summed E-state index contributed by atoms with van der Waals surface area (Å²) < 4.78 is 10.7. The van der Waals surface area contributed by atoms with Gasteiger partial charge in [0.25, 0.3) is 0 Å². The lowest BCUT2D eigenvalue weighted by Gasteiger charge is -2.37. The van der Waals surface area contributed by atoms with Crippen LogP contribution < -0.4 is 20.1 Å². The highest BCUT2D eigenvalue weighted by molar-refractivity contribution is 8.15. The molecule has 0 unspecified atom stereocenters. The second kappa shape index (κ2) is 8.37. The van der Waals surface area contributed by atoms with Gasteiger partial charge in [-0.3, -0.25) is 14.8 Å². The Morgan fingerprint density at radius 3 is 2.94 bits per heavy atom. The van der Waals surface area contributed by atoms with Crippen LogP contribution in [0.2, 0.25) is 0 Å². The molecule has 0 spiro atoms. The molecule has 2 aliphatic heterocycles. The van der Waals surface area contributed by atoms with Crippen LogP contribution in [0.1, 0.15) is 12.0 Å². The highest BCUT2D eigenvalue weighted by atomic mass is 32.2. The third kappa shape index (κ3) is 4.06. The van der Waals surface area contributed by atoms with Crippen molar-refractivity contribution in [3.05, 3.63) is 48.3 Å². The van der Waals surface area contributed by atoms with Crippen molar-refractivity contribution in [2.45, 2.75) is 36.5 Å². The van der Waals surface area contributed by atoms with Crippen LogP contribution in [-0.4, -0.2) is 56.6 Å². The van der Waals surface area contributed by atoms with E-state index in [1.807, 2.05) is 30.3 Å². The fraction of sp³-hybridized carbons (Fsp3) is 0.381. The molecule has 9 nitrogen and oxygen atoms in total. The maximum atomic E-state index is 12.9. The number of carbonyl (C=O) groups excluding carboxylic acids is 1. The topological polar surface area (TPSA) is 125 Å². The minimum Gasteiger partial charge on any atom is -0.454 e. The molecule has 1 saturated carbocycles. The van der Waals surface area contributed by atoms with Crippen molar-refractivity contribution < 1.29 is 24.5 Å². The quantitative estimate of drug-likeness (QED) is 0.555. The molecule has 0 saturated heterocycles. The van der Waals surface area contributed by atoms with Crippen LogP contribution >= 0.6 is 11.8 Å². The zero-order valence-electron chi connectivity index (χ0n) is 16.5. The van der Waals surface area contributed by atoms with Crippen LogP contribution in [0, 0.1) is 5.92 Å². The number of aliphatic hydroxyl groups excluding tert-OH is 2. The van der Waals surface area contributed by atoms with Crippen LogP contribution in [0.15, 0.2) is 47.7 Å². The Morgan fingerprint density at radius 1 is 1.23 bits per heavy atom. The number of anilines is 1. The molecule has 0 radical (unpaired) electrons. The van der Waals surface area contributed by atoms with Gasteiger partial charge >= 0.3 is 0 Å². The van der Waals surface area contributed by atoms with E-state index >= 15 is 0 Å². The second-order valence-corrected chi connectivity index (χ2v) is 8.85. The van der Waals surface area contributed by atoms with Gasteiger partial charge in [0.05, 0.1) is 18.1 Å². The monoisotopic (exact) mass is 442 g/mol. The van der Waals surface area contributed by atoms with E-state index in [0.717, 1.165) is 11.3 Å². The smallest absolute Gasteiger partial charge is 0.231 e. The third-order valence-electron chi connectivity index (χ3n) is 5.64. The van der Waals surface area contributed by atoms with Crippen molar-refractivity contribution in [3.8, 4) is 11.5 Å². The number of amides is 1. The van der Waals surface area contributed by atoms with Crippen molar-refractivity contribution in [1.82, 2.24) is 10.3 Å². The number of ether oxygens (including phenoxy) is 2. The normalized spacial score (nSPS) is 28.6. The zero-order valence-corrected chi connectivity index (χ0v) is 17.3. The summed E-state index contributed by atoms with van der Waals surface area (Å²) in [6.45, 7) is 0.547. The summed E-state index contributed by atoms with van der Waals surface area (Å²) in [5.74, 6) is 0.681. The molecule has 0 bridgehead atoms. The van der Waals surface area contributed by atoms with Crippen LogP contribution in [-0.2, 0) is 11.3 Å². The van der Waals surface area contributed by atoms with Crippen molar-refractivity contribution in [2.24, 2.45) is 10.9 Å². The molecule has 4 N–H and O–H groups in total. The maximum absolute atomic E-state index is 12.9. The summed E-state index contributed by atoms with van der Waals surface area (Å²) in [5, 5.41) is 27.3. The van der Waals surface area contributed by atoms with Gasteiger partial charge in [-0.1, -0.05) is 17.8 Å². The van der Waals surface area contributed by atoms with Crippen molar-refractivity contribution in [2.75, 3.05) is 12.1 Å². The number of hydrogen-bond acceptors (Lipinski definition) is 9. The lowest BCUT2D eigenvalue weighted by Crippen LogP contribution is -2.53. The van der Waals surface area contributed by atoms with Crippen molar-refractivity contribution in [1.29, 1.82) is 0 Å². The molecular formula is C21H22N4O5S. The molecule has 1 fully saturated rings. The minimum atomic E-state index is -1.02. The van der Waals surface area contributed by atoms with E-state index in [-0.39, 0.29) is 24.4 Å². The summed E-state index contributed by atoms with van der Waals surface area (Å²) in [5.41, 5.74) is 1.66. The van der Waals surface area contributed by atoms with Crippen LogP contribution in [0.25, 0.3) is 0 Å². The Labute approximate surface area is 182 Å². The SMILES string of the molecule is O=C(NCc1cccnc1)[C@@H]1C[C@@H](O)[C@H](O)[C@H]2N=C(Nc3ccc4c(c3)OCO4)S[C@@H]21. The summed E-state index contributed by atoms with van der Waals surface area (Å²) >= 11 is 1.41. The molecule has 31 heavy (non-hydrogen) atoms. The van der Waals surface area contributed by atoms with E-state index in [2.05, 4.69) is 20.6 Å². The van der Waals surface area contributed by atoms with E-state index < -0.39 is 24.2 Å². The number of nitrogens with one attached hydrogen (secondary N) is 2. The van der Waals surface area contributed by atoms with Gasteiger partial charge in [0, 0.05) is 35.9 Å². The molecule has 1 aliphatic carbocycles. The third-order valence-corrected chi connectivity index (χ3v) is 6.95. The molecule has 162 valence electrons. The van der Waals surface area contributed by atoms with Crippen LogP contribution in [0.4, 0.5) is 5.69 Å². The number of amidine groups is 1. The van der Waals surface area contributed by atoms with E-state index in [4.69, 9.17) is 9.47 Å². The van der Waals surface area contributed by atoms with E-state index in [1.165, 1.54) is 11.8 Å². The Balaban J connectivity index is 1.28. The predicted molar refractivity (Wildman–Crippen MR) is 115 cm³/mol. The maximum Gasteiger partial charge on any atom is 0.231 e. The van der Waals surface area contributed by atoms with Gasteiger partial charge in [-0.05, 0) is 30.2 Å². The molecule has 10 heteroatoms. The molecular weight excluding hydrogens is 420 g/mol. The van der Waals surface area contributed by atoms with Crippen molar-refractivity contribution >= 4 is 28.5 Å². The zero-order chi connectivity index (χ0) is 21.4. The van der Waals surface area contributed by atoms with Gasteiger partial charge in [-0.2, -0.15) is 0 Å². The van der Waals surface area contributed by atoms with Gasteiger partial charge < -0.3 is 30.3 Å². The highest BCUT2D eigenvalue weighted by Crippen LogP contribution is 2.42. The first-order valence-corrected chi connectivity index (χ1v) is 10.9. The van der Waals surface area contributed by atoms with E-state index in [0.29, 0.717) is 23.2 Å². The number of fused-ring (bicyclic) bond motifs is 2. The number of rotatable bonds is 4. The number of thioether (sulfide) groups is 1. The molecule has 5 atom stereocenters. The number of hydrogen-bond donors (Lipinski definition) is 4. The molecule has 3 heterocycles. The summed E-state index contributed by atoms with van der Waals surface area (Å²) in [6, 6.07) is 8.60. The number of nitrogens with zero attached hydrogens (tertiary/aromatic N) is 2. The highest BCUT2D eigenvalue weighted by Gasteiger charge is 2.50. The average Bonchev–Trinajstić information content (AvgIpc) is 3.42. The fourth-order valence-corrected chi connectivity index (χ4v) is 5.41. The van der Waals surface area contributed by atoms with Gasteiger partial charge in [0.2, 0.25) is 12.7 Å². The first-order chi connectivity index (χ1) is 15.1. The average molecular weight is 442 g/mol. The second-order valence-electron chi connectivity index (χ2n) is 7.68. The van der Waals surface area contributed by atoms with Gasteiger partial charge in [0.1, 0.15) is 6.10 Å². The van der Waals surface area contributed by atoms with E-state index in [1.54, 1.807) is 12.4 Å². The standard InChI is InChI=1S/C21H22N4O5S/c26-14-7-13(20(28)23-9-11-2-1-5-22-8-11)19-17(18(14)27)25-21(31-19)24-12-3-4-15-16(6-12)30-10-29-15/h1-6,8,13-14,17-19,26-27H,7,9-10H2,(H,23,28)(H,24,25)/t13-,14-,17-,18+,19-/m1/s1. The van der Waals surface area contributed by atoms with Gasteiger partial charge in [0.15, 0.2) is 16.7 Å². The van der Waals surface area contributed by atoms with Crippen molar-refractivity contribution in [3.63, 3.8) is 0 Å². The first kappa shape index (κ1) is 20.1. The van der Waals surface area contributed by atoms with E-state index in [9.17, 15) is 15.0 Å². The number of aromatic nitrogens is 1. The summed E-state index contributed by atoms with van der Waals surface area (Å²) in [6.07, 6.45) is 1.53. The molecule has 1 amide bonds. The molecule has 1 aromatic heterocycles. The minimum absolute atomic E-state index is 0.170. The molecule has 3 aliphatic rings. The Morgan fingerprint density at radius 2 is 2.10 bits per heavy atom. The fourth-order valence-electron chi connectivity index (χ4n) is 4.03. The number of carbonyl (C=O) groups is 1. The number of benzene rings is 1. The molecule has 1 aromatic carbocycles. The lowest BCUT2D eigenvalue weighted by atomic mass is 9.81. The van der Waals surface area contributed by atoms with Gasteiger partial charge in [-0.25, -0.2) is 0 Å². The Hall–Kier alpha value is -2.82. The number of aliphatic imine (C=N–C) groups is 1. The summed E-state index contributed by atoms with van der Waals surface area (Å²) in [4.78, 5) is 21.5. The Kier molecular flexibility index (Phi) is 5.43. The summed E-state index contributed by atoms with van der Waals surface area (Å²) in [7, 11) is 0. The number of aliphatic hydroxyl groups is 2. The number of pyridine rings is 1. The largest absolute Gasteiger partial charge is 0.454 e. The molecule has 5 rings (SSSR count). The van der Waals surface area contributed by atoms with Crippen LogP contribution in [0.3, 0.4) is 0 Å². The first-order valence-electron chi connectivity index (χ1n) is 10.0. The lowest BCUT2D eigenvalue weighted by molar-refractivity contribution is -0.129. The van der Waals surface area contributed by atoms with Crippen LogP contribution in [0.5, 0.6) is 11.5 Å². The predicted octanol–water partition coefficient (Wildman–Crippen LogP) is 1.12.